The van der Waals surface area contributed by atoms with E-state index in [9.17, 15) is 0 Å². The maximum atomic E-state index is 4.03. The van der Waals surface area contributed by atoms with Gasteiger partial charge in [0, 0.05) is 11.8 Å². The van der Waals surface area contributed by atoms with Crippen molar-refractivity contribution in [2.75, 3.05) is 12.8 Å². The van der Waals surface area contributed by atoms with Gasteiger partial charge in [0.15, 0.2) is 5.16 Å². The Kier molecular flexibility index (Phi) is 4.10. The molecule has 1 atom stereocenters. The smallest absolute Gasteiger partial charge is 0.183 e. The average molecular weight is 186 g/mol. The van der Waals surface area contributed by atoms with Crippen molar-refractivity contribution in [1.82, 2.24) is 20.5 Å². The van der Waals surface area contributed by atoms with Crippen molar-refractivity contribution in [3.05, 3.63) is 6.33 Å². The highest BCUT2D eigenvalue weighted by atomic mass is 32.2. The zero-order valence-electron chi connectivity index (χ0n) is 7.37. The number of aromatic amines is 1. The van der Waals surface area contributed by atoms with Crippen LogP contribution in [0.25, 0.3) is 0 Å². The first-order valence-electron chi connectivity index (χ1n) is 4.02. The molecule has 0 bridgehead atoms. The Morgan fingerprint density at radius 3 is 3.08 bits per heavy atom. The Labute approximate surface area is 76.5 Å². The number of hydrogen-bond donors (Lipinski definition) is 2. The van der Waals surface area contributed by atoms with Crippen LogP contribution >= 0.6 is 11.8 Å². The Hall–Kier alpha value is -0.550. The lowest BCUT2D eigenvalue weighted by Gasteiger charge is -2.11. The number of nitrogens with one attached hydrogen (secondary N) is 2. The first-order chi connectivity index (χ1) is 5.86. The van der Waals surface area contributed by atoms with Gasteiger partial charge in [0.1, 0.15) is 6.33 Å². The fraction of sp³-hybridized carbons (Fsp3) is 0.714. The lowest BCUT2D eigenvalue weighted by Crippen LogP contribution is -2.26. The summed E-state index contributed by atoms with van der Waals surface area (Å²) >= 11 is 1.69. The van der Waals surface area contributed by atoms with Gasteiger partial charge in [0.05, 0.1) is 0 Å². The molecule has 0 aromatic carbocycles. The normalized spacial score (nSPS) is 13.2. The van der Waals surface area contributed by atoms with E-state index in [4.69, 9.17) is 0 Å². The number of H-pyrrole nitrogens is 1. The summed E-state index contributed by atoms with van der Waals surface area (Å²) in [6.07, 6.45) is 2.67. The molecule has 0 radical (unpaired) electrons. The molecule has 2 N–H and O–H groups in total. The summed E-state index contributed by atoms with van der Waals surface area (Å²) < 4.78 is 0. The summed E-state index contributed by atoms with van der Waals surface area (Å²) in [6.45, 7) is 2.17. The summed E-state index contributed by atoms with van der Waals surface area (Å²) in [5.41, 5.74) is 0. The molecule has 0 amide bonds. The lowest BCUT2D eigenvalue weighted by molar-refractivity contribution is 0.601. The maximum Gasteiger partial charge on any atom is 0.183 e. The van der Waals surface area contributed by atoms with Crippen LogP contribution in [0.4, 0.5) is 0 Å². The molecule has 1 rings (SSSR count). The molecule has 0 aliphatic carbocycles. The monoisotopic (exact) mass is 186 g/mol. The second kappa shape index (κ2) is 5.16. The van der Waals surface area contributed by atoms with Crippen molar-refractivity contribution in [1.29, 1.82) is 0 Å². The number of thioether (sulfide) groups is 1. The van der Waals surface area contributed by atoms with Gasteiger partial charge < -0.3 is 5.32 Å². The van der Waals surface area contributed by atoms with E-state index in [0.29, 0.717) is 6.04 Å². The second-order valence-corrected chi connectivity index (χ2v) is 3.50. The Balaban J connectivity index is 2.25. The SMILES string of the molecule is CCC(CSc1ncn[nH]1)NC. The van der Waals surface area contributed by atoms with Crippen LogP contribution in [-0.2, 0) is 0 Å². The van der Waals surface area contributed by atoms with Gasteiger partial charge in [-0.1, -0.05) is 18.7 Å². The highest BCUT2D eigenvalue weighted by Crippen LogP contribution is 2.12. The van der Waals surface area contributed by atoms with E-state index in [-0.39, 0.29) is 0 Å². The molecule has 0 aliphatic heterocycles. The molecule has 1 aromatic rings. The standard InChI is InChI=1S/C7H14N4S/c1-3-6(8-2)4-12-7-9-5-10-11-7/h5-6,8H,3-4H2,1-2H3,(H,9,10,11). The van der Waals surface area contributed by atoms with Crippen LogP contribution in [0.2, 0.25) is 0 Å². The van der Waals surface area contributed by atoms with Crippen molar-refractivity contribution >= 4 is 11.8 Å². The maximum absolute atomic E-state index is 4.03. The van der Waals surface area contributed by atoms with E-state index in [0.717, 1.165) is 17.3 Å². The zero-order valence-corrected chi connectivity index (χ0v) is 8.19. The van der Waals surface area contributed by atoms with Crippen LogP contribution in [0, 0.1) is 0 Å². The van der Waals surface area contributed by atoms with Gasteiger partial charge in [-0.25, -0.2) is 4.98 Å². The van der Waals surface area contributed by atoms with Gasteiger partial charge in [-0.05, 0) is 13.5 Å². The Bertz CT molecular complexity index is 195. The topological polar surface area (TPSA) is 53.6 Å². The molecule has 12 heavy (non-hydrogen) atoms. The fourth-order valence-electron chi connectivity index (χ4n) is 0.849. The van der Waals surface area contributed by atoms with Crippen molar-refractivity contribution in [3.8, 4) is 0 Å². The van der Waals surface area contributed by atoms with E-state index < -0.39 is 0 Å². The van der Waals surface area contributed by atoms with Crippen molar-refractivity contribution in [2.24, 2.45) is 0 Å². The van der Waals surface area contributed by atoms with E-state index in [1.807, 2.05) is 7.05 Å². The second-order valence-electron chi connectivity index (χ2n) is 2.50. The minimum atomic E-state index is 0.556. The predicted octanol–water partition coefficient (Wildman–Crippen LogP) is 0.895. The van der Waals surface area contributed by atoms with Crippen molar-refractivity contribution < 1.29 is 0 Å². The minimum absolute atomic E-state index is 0.556. The predicted molar refractivity (Wildman–Crippen MR) is 50.2 cm³/mol. The van der Waals surface area contributed by atoms with Gasteiger partial charge in [-0.15, -0.1) is 0 Å². The molecule has 1 heterocycles. The molecule has 4 nitrogen and oxygen atoms in total. The largest absolute Gasteiger partial charge is 0.316 e. The van der Waals surface area contributed by atoms with Gasteiger partial charge in [-0.3, -0.25) is 5.10 Å². The summed E-state index contributed by atoms with van der Waals surface area (Å²) in [4.78, 5) is 4.03. The summed E-state index contributed by atoms with van der Waals surface area (Å²) in [5, 5.41) is 10.7. The molecule has 1 unspecified atom stereocenters. The number of aromatic nitrogens is 3. The number of rotatable bonds is 5. The molecule has 0 spiro atoms. The molecule has 0 saturated carbocycles. The minimum Gasteiger partial charge on any atom is -0.316 e. The van der Waals surface area contributed by atoms with E-state index in [1.54, 1.807) is 11.8 Å². The number of hydrogen-bond acceptors (Lipinski definition) is 4. The fourth-order valence-corrected chi connectivity index (χ4v) is 1.85. The molecule has 1 aromatic heterocycles. The van der Waals surface area contributed by atoms with Crippen molar-refractivity contribution in [3.63, 3.8) is 0 Å². The molecular weight excluding hydrogens is 172 g/mol. The molecule has 68 valence electrons. The third-order valence-corrected chi connectivity index (χ3v) is 2.75. The average Bonchev–Trinajstić information content (AvgIpc) is 2.59. The highest BCUT2D eigenvalue weighted by Gasteiger charge is 2.04. The van der Waals surface area contributed by atoms with Gasteiger partial charge in [0.2, 0.25) is 0 Å². The summed E-state index contributed by atoms with van der Waals surface area (Å²) in [5.74, 6) is 1.03. The van der Waals surface area contributed by atoms with Crippen LogP contribution in [0.1, 0.15) is 13.3 Å². The third kappa shape index (κ3) is 2.83. The molecule has 0 aliphatic rings. The van der Waals surface area contributed by atoms with Gasteiger partial charge in [-0.2, -0.15) is 5.10 Å². The zero-order chi connectivity index (χ0) is 8.81. The molecule has 0 saturated heterocycles. The van der Waals surface area contributed by atoms with Gasteiger partial charge >= 0.3 is 0 Å². The first-order valence-corrected chi connectivity index (χ1v) is 5.00. The van der Waals surface area contributed by atoms with Gasteiger partial charge in [0.25, 0.3) is 0 Å². The van der Waals surface area contributed by atoms with E-state index in [1.165, 1.54) is 6.33 Å². The van der Waals surface area contributed by atoms with E-state index in [2.05, 4.69) is 27.4 Å². The Morgan fingerprint density at radius 1 is 1.75 bits per heavy atom. The first kappa shape index (κ1) is 9.54. The molecule has 5 heteroatoms. The molecule has 0 fully saturated rings. The van der Waals surface area contributed by atoms with Crippen molar-refractivity contribution in [2.45, 2.75) is 24.5 Å². The van der Waals surface area contributed by atoms with Crippen LogP contribution in [0.5, 0.6) is 0 Å². The summed E-state index contributed by atoms with van der Waals surface area (Å²) in [7, 11) is 1.98. The van der Waals surface area contributed by atoms with Crippen LogP contribution in [-0.4, -0.2) is 34.0 Å². The third-order valence-electron chi connectivity index (χ3n) is 1.72. The van der Waals surface area contributed by atoms with Crippen LogP contribution < -0.4 is 5.32 Å². The molecular formula is C7H14N4S. The lowest BCUT2D eigenvalue weighted by atomic mass is 10.3. The quantitative estimate of drug-likeness (QED) is 0.671. The number of nitrogens with zero attached hydrogens (tertiary/aromatic N) is 2. The summed E-state index contributed by atoms with van der Waals surface area (Å²) in [6, 6.07) is 0.556. The van der Waals surface area contributed by atoms with Crippen LogP contribution in [0.15, 0.2) is 11.5 Å². The highest BCUT2D eigenvalue weighted by molar-refractivity contribution is 7.99. The Morgan fingerprint density at radius 2 is 2.58 bits per heavy atom. The van der Waals surface area contributed by atoms with E-state index >= 15 is 0 Å². The van der Waals surface area contributed by atoms with Crippen LogP contribution in [0.3, 0.4) is 0 Å².